The quantitative estimate of drug-likeness (QED) is 0.714. The van der Waals surface area contributed by atoms with E-state index in [9.17, 15) is 4.79 Å². The van der Waals surface area contributed by atoms with Crippen LogP contribution in [-0.2, 0) is 17.6 Å². The Bertz CT molecular complexity index is 930. The number of hydrogen-bond donors (Lipinski definition) is 0. The van der Waals surface area contributed by atoms with Crippen molar-refractivity contribution in [1.82, 2.24) is 9.88 Å². The van der Waals surface area contributed by atoms with Gasteiger partial charge in [-0.2, -0.15) is 0 Å². The fraction of sp³-hybridized carbons (Fsp3) is 0.364. The van der Waals surface area contributed by atoms with Crippen LogP contribution in [0.3, 0.4) is 0 Å². The Balaban J connectivity index is 1.43. The SMILES string of the molecule is Cc1cc(C)c2c(CC(=O)N3CCC(Cc4cccnc4)C3)coc2c1. The van der Waals surface area contributed by atoms with Crippen molar-refractivity contribution in [2.45, 2.75) is 33.1 Å². The molecule has 1 aliphatic heterocycles. The average molecular weight is 348 g/mol. The summed E-state index contributed by atoms with van der Waals surface area (Å²) in [5.41, 5.74) is 5.48. The molecule has 2 aromatic heterocycles. The molecule has 0 bridgehead atoms. The fourth-order valence-corrected chi connectivity index (χ4v) is 4.11. The van der Waals surface area contributed by atoms with E-state index < -0.39 is 0 Å². The van der Waals surface area contributed by atoms with E-state index in [-0.39, 0.29) is 5.91 Å². The molecule has 3 heterocycles. The fourth-order valence-electron chi connectivity index (χ4n) is 4.11. The zero-order valence-corrected chi connectivity index (χ0v) is 15.4. The van der Waals surface area contributed by atoms with Crippen LogP contribution in [0.25, 0.3) is 11.0 Å². The predicted molar refractivity (Wildman–Crippen MR) is 102 cm³/mol. The molecule has 0 saturated carbocycles. The van der Waals surface area contributed by atoms with Crippen molar-refractivity contribution >= 4 is 16.9 Å². The van der Waals surface area contributed by atoms with Crippen LogP contribution < -0.4 is 0 Å². The lowest BCUT2D eigenvalue weighted by Gasteiger charge is -2.16. The van der Waals surface area contributed by atoms with E-state index in [2.05, 4.69) is 31.0 Å². The summed E-state index contributed by atoms with van der Waals surface area (Å²) in [6.07, 6.45) is 7.93. The standard InChI is InChI=1S/C22H24N2O2/c1-15-8-16(2)22-19(14-26-20(22)9-15)11-21(25)24-7-5-18(13-24)10-17-4-3-6-23-12-17/h3-4,6,8-9,12,14,18H,5,7,10-11,13H2,1-2H3. The molecule has 1 atom stereocenters. The topological polar surface area (TPSA) is 46.3 Å². The van der Waals surface area contributed by atoms with Crippen molar-refractivity contribution in [1.29, 1.82) is 0 Å². The van der Waals surface area contributed by atoms with Gasteiger partial charge < -0.3 is 9.32 Å². The third-order valence-electron chi connectivity index (χ3n) is 5.32. The maximum atomic E-state index is 12.8. The summed E-state index contributed by atoms with van der Waals surface area (Å²) < 4.78 is 5.70. The second-order valence-electron chi connectivity index (χ2n) is 7.45. The molecule has 0 N–H and O–H groups in total. The van der Waals surface area contributed by atoms with Crippen LogP contribution >= 0.6 is 0 Å². The van der Waals surface area contributed by atoms with Crippen molar-refractivity contribution in [3.63, 3.8) is 0 Å². The first-order chi connectivity index (χ1) is 12.6. The summed E-state index contributed by atoms with van der Waals surface area (Å²) in [6, 6.07) is 8.27. The van der Waals surface area contributed by atoms with E-state index in [0.717, 1.165) is 42.5 Å². The van der Waals surface area contributed by atoms with Crippen LogP contribution in [0.5, 0.6) is 0 Å². The monoisotopic (exact) mass is 348 g/mol. The number of fused-ring (bicyclic) bond motifs is 1. The van der Waals surface area contributed by atoms with Gasteiger partial charge in [-0.3, -0.25) is 9.78 Å². The van der Waals surface area contributed by atoms with Gasteiger partial charge in [-0.1, -0.05) is 12.1 Å². The molecule has 1 aromatic carbocycles. The number of carbonyl (C=O) groups excluding carboxylic acids is 1. The number of amides is 1. The Labute approximate surface area is 153 Å². The summed E-state index contributed by atoms with van der Waals surface area (Å²) in [4.78, 5) is 19.0. The van der Waals surface area contributed by atoms with Gasteiger partial charge in [-0.05, 0) is 61.4 Å². The molecule has 1 fully saturated rings. The smallest absolute Gasteiger partial charge is 0.227 e. The summed E-state index contributed by atoms with van der Waals surface area (Å²) in [6.45, 7) is 5.82. The number of rotatable bonds is 4. The van der Waals surface area contributed by atoms with E-state index >= 15 is 0 Å². The van der Waals surface area contributed by atoms with Gasteiger partial charge in [0.25, 0.3) is 0 Å². The molecule has 4 rings (SSSR count). The lowest BCUT2D eigenvalue weighted by Crippen LogP contribution is -2.30. The van der Waals surface area contributed by atoms with Crippen LogP contribution in [0.1, 0.15) is 28.7 Å². The molecule has 3 aromatic rings. The minimum Gasteiger partial charge on any atom is -0.464 e. The Morgan fingerprint density at radius 1 is 1.35 bits per heavy atom. The van der Waals surface area contributed by atoms with Gasteiger partial charge in [-0.25, -0.2) is 0 Å². The molecule has 1 amide bonds. The number of aryl methyl sites for hydroxylation is 2. The van der Waals surface area contributed by atoms with Crippen LogP contribution in [0.15, 0.2) is 47.3 Å². The number of nitrogens with zero attached hydrogens (tertiary/aromatic N) is 2. The maximum Gasteiger partial charge on any atom is 0.227 e. The summed E-state index contributed by atoms with van der Waals surface area (Å²) >= 11 is 0. The molecule has 134 valence electrons. The Hall–Kier alpha value is -2.62. The van der Waals surface area contributed by atoms with Crippen molar-refractivity contribution in [2.24, 2.45) is 5.92 Å². The van der Waals surface area contributed by atoms with E-state index in [1.807, 2.05) is 23.2 Å². The molecular weight excluding hydrogens is 324 g/mol. The van der Waals surface area contributed by atoms with Gasteiger partial charge in [0.15, 0.2) is 0 Å². The van der Waals surface area contributed by atoms with Gasteiger partial charge in [0.1, 0.15) is 5.58 Å². The first-order valence-electron chi connectivity index (χ1n) is 9.24. The number of benzene rings is 1. The number of carbonyl (C=O) groups is 1. The molecular formula is C22H24N2O2. The number of furan rings is 1. The zero-order chi connectivity index (χ0) is 18.1. The van der Waals surface area contributed by atoms with Crippen LogP contribution in [0.4, 0.5) is 0 Å². The molecule has 1 aliphatic rings. The zero-order valence-electron chi connectivity index (χ0n) is 15.4. The highest BCUT2D eigenvalue weighted by Gasteiger charge is 2.27. The van der Waals surface area contributed by atoms with E-state index in [1.165, 1.54) is 16.7 Å². The van der Waals surface area contributed by atoms with Gasteiger partial charge in [0, 0.05) is 36.4 Å². The maximum absolute atomic E-state index is 12.8. The number of likely N-dealkylation sites (tertiary alicyclic amines) is 1. The average Bonchev–Trinajstić information content (AvgIpc) is 3.23. The normalized spacial score (nSPS) is 17.2. The van der Waals surface area contributed by atoms with Gasteiger partial charge >= 0.3 is 0 Å². The first-order valence-corrected chi connectivity index (χ1v) is 9.24. The lowest BCUT2D eigenvalue weighted by atomic mass is 10.00. The molecule has 0 aliphatic carbocycles. The van der Waals surface area contributed by atoms with E-state index in [0.29, 0.717) is 12.3 Å². The lowest BCUT2D eigenvalue weighted by molar-refractivity contribution is -0.129. The molecule has 4 nitrogen and oxygen atoms in total. The predicted octanol–water partition coefficient (Wildman–Crippen LogP) is 4.08. The second-order valence-corrected chi connectivity index (χ2v) is 7.45. The highest BCUT2D eigenvalue weighted by atomic mass is 16.3. The number of hydrogen-bond acceptors (Lipinski definition) is 3. The van der Waals surface area contributed by atoms with Crippen molar-refractivity contribution in [3.8, 4) is 0 Å². The second kappa shape index (κ2) is 6.94. The summed E-state index contributed by atoms with van der Waals surface area (Å²) in [5.74, 6) is 0.718. The van der Waals surface area contributed by atoms with Crippen LogP contribution in [0, 0.1) is 19.8 Å². The highest BCUT2D eigenvalue weighted by molar-refractivity contribution is 5.90. The molecule has 0 spiro atoms. The van der Waals surface area contributed by atoms with Crippen molar-refractivity contribution in [3.05, 3.63) is 65.2 Å². The molecule has 26 heavy (non-hydrogen) atoms. The van der Waals surface area contributed by atoms with Gasteiger partial charge in [0.05, 0.1) is 12.7 Å². The first kappa shape index (κ1) is 16.8. The van der Waals surface area contributed by atoms with E-state index in [4.69, 9.17) is 4.42 Å². The largest absolute Gasteiger partial charge is 0.464 e. The third kappa shape index (κ3) is 3.36. The van der Waals surface area contributed by atoms with Crippen molar-refractivity contribution < 1.29 is 9.21 Å². The molecule has 1 saturated heterocycles. The summed E-state index contributed by atoms with van der Waals surface area (Å²) in [5, 5.41) is 1.09. The summed E-state index contributed by atoms with van der Waals surface area (Å²) in [7, 11) is 0. The van der Waals surface area contributed by atoms with Crippen LogP contribution in [0.2, 0.25) is 0 Å². The van der Waals surface area contributed by atoms with Gasteiger partial charge in [-0.15, -0.1) is 0 Å². The van der Waals surface area contributed by atoms with Gasteiger partial charge in [0.2, 0.25) is 5.91 Å². The number of pyridine rings is 1. The molecule has 0 radical (unpaired) electrons. The minimum atomic E-state index is 0.196. The Kier molecular flexibility index (Phi) is 4.49. The van der Waals surface area contributed by atoms with E-state index in [1.54, 1.807) is 12.5 Å². The Morgan fingerprint density at radius 2 is 2.23 bits per heavy atom. The highest BCUT2D eigenvalue weighted by Crippen LogP contribution is 2.28. The molecule has 1 unspecified atom stereocenters. The molecule has 4 heteroatoms. The Morgan fingerprint density at radius 3 is 3.04 bits per heavy atom. The third-order valence-corrected chi connectivity index (χ3v) is 5.32. The minimum absolute atomic E-state index is 0.196. The van der Waals surface area contributed by atoms with Crippen molar-refractivity contribution in [2.75, 3.05) is 13.1 Å². The number of aromatic nitrogens is 1. The van der Waals surface area contributed by atoms with Crippen LogP contribution in [-0.4, -0.2) is 28.9 Å².